The number of nitriles is 1. The number of nitrogens with one attached hydrogen (secondary N) is 1. The number of likely N-dealkylation sites (N-methyl/N-ethyl adjacent to an activating group) is 1. The molecule has 0 bridgehead atoms. The Morgan fingerprint density at radius 2 is 2.29 bits per heavy atom. The SMILES string of the molecule is CNCC1CCCN1S(=O)(=O)c1ccc(C#N)cc1OC. The van der Waals surface area contributed by atoms with Crippen LogP contribution in [0.2, 0.25) is 0 Å². The van der Waals surface area contributed by atoms with Gasteiger partial charge in [0.25, 0.3) is 0 Å². The molecule has 1 aliphatic heterocycles. The molecule has 1 unspecified atom stereocenters. The average molecular weight is 309 g/mol. The van der Waals surface area contributed by atoms with E-state index in [-0.39, 0.29) is 16.7 Å². The maximum atomic E-state index is 12.8. The standard InChI is InChI=1S/C14H19N3O3S/c1-16-10-12-4-3-7-17(12)21(18,19)14-6-5-11(9-15)8-13(14)20-2/h5-6,8,12,16H,3-4,7,10H2,1-2H3. The summed E-state index contributed by atoms with van der Waals surface area (Å²) in [6, 6.07) is 6.34. The maximum Gasteiger partial charge on any atom is 0.247 e. The second-order valence-corrected chi connectivity index (χ2v) is 6.81. The molecule has 1 fully saturated rings. The molecule has 0 aliphatic carbocycles. The molecule has 2 rings (SSSR count). The number of benzene rings is 1. The van der Waals surface area contributed by atoms with Gasteiger partial charge in [0.1, 0.15) is 10.6 Å². The Bertz CT molecular complexity index is 652. The van der Waals surface area contributed by atoms with Gasteiger partial charge in [-0.05, 0) is 38.1 Å². The van der Waals surface area contributed by atoms with E-state index in [4.69, 9.17) is 10.00 Å². The average Bonchev–Trinajstić information content (AvgIpc) is 2.96. The van der Waals surface area contributed by atoms with Gasteiger partial charge in [0, 0.05) is 19.1 Å². The maximum absolute atomic E-state index is 12.8. The normalized spacial score (nSPS) is 19.4. The van der Waals surface area contributed by atoms with Crippen LogP contribution in [0.5, 0.6) is 5.75 Å². The van der Waals surface area contributed by atoms with Crippen molar-refractivity contribution in [3.63, 3.8) is 0 Å². The lowest BCUT2D eigenvalue weighted by molar-refractivity contribution is 0.370. The zero-order valence-electron chi connectivity index (χ0n) is 12.2. The van der Waals surface area contributed by atoms with E-state index in [0.29, 0.717) is 18.7 Å². The van der Waals surface area contributed by atoms with Crippen LogP contribution in [-0.4, -0.2) is 46.0 Å². The molecule has 0 aromatic heterocycles. The van der Waals surface area contributed by atoms with E-state index in [1.165, 1.54) is 29.6 Å². The van der Waals surface area contributed by atoms with Gasteiger partial charge in [-0.25, -0.2) is 8.42 Å². The summed E-state index contributed by atoms with van der Waals surface area (Å²) in [5, 5.41) is 11.9. The fourth-order valence-corrected chi connectivity index (χ4v) is 4.47. The molecule has 6 nitrogen and oxygen atoms in total. The molecule has 1 aliphatic rings. The second kappa shape index (κ2) is 6.43. The Morgan fingerprint density at radius 1 is 1.52 bits per heavy atom. The van der Waals surface area contributed by atoms with Crippen LogP contribution < -0.4 is 10.1 Å². The van der Waals surface area contributed by atoms with E-state index in [2.05, 4.69) is 5.32 Å². The molecule has 21 heavy (non-hydrogen) atoms. The molecule has 1 heterocycles. The van der Waals surface area contributed by atoms with E-state index in [9.17, 15) is 8.42 Å². The highest BCUT2D eigenvalue weighted by Crippen LogP contribution is 2.31. The Hall–Kier alpha value is -1.62. The summed E-state index contributed by atoms with van der Waals surface area (Å²) < 4.78 is 32.3. The van der Waals surface area contributed by atoms with E-state index < -0.39 is 10.0 Å². The molecule has 1 N–H and O–H groups in total. The second-order valence-electron chi connectivity index (χ2n) is 4.95. The summed E-state index contributed by atoms with van der Waals surface area (Å²) in [5.74, 6) is 0.212. The van der Waals surface area contributed by atoms with Gasteiger partial charge in [0.2, 0.25) is 10.0 Å². The molecular formula is C14H19N3O3S. The fourth-order valence-electron chi connectivity index (χ4n) is 2.64. The highest BCUT2D eigenvalue weighted by Gasteiger charge is 2.36. The Balaban J connectivity index is 2.42. The van der Waals surface area contributed by atoms with E-state index in [1.807, 2.05) is 13.1 Å². The third-order valence-electron chi connectivity index (χ3n) is 3.64. The molecule has 1 saturated heterocycles. The van der Waals surface area contributed by atoms with Crippen LogP contribution in [0.4, 0.5) is 0 Å². The monoisotopic (exact) mass is 309 g/mol. The van der Waals surface area contributed by atoms with Gasteiger partial charge in [0.05, 0.1) is 18.7 Å². The molecule has 1 aromatic carbocycles. The van der Waals surface area contributed by atoms with Crippen molar-refractivity contribution in [3.05, 3.63) is 23.8 Å². The van der Waals surface area contributed by atoms with Crippen molar-refractivity contribution in [2.45, 2.75) is 23.8 Å². The van der Waals surface area contributed by atoms with Crippen LogP contribution in [0.15, 0.2) is 23.1 Å². The van der Waals surface area contributed by atoms with Crippen molar-refractivity contribution in [1.29, 1.82) is 5.26 Å². The van der Waals surface area contributed by atoms with Crippen molar-refractivity contribution >= 4 is 10.0 Å². The van der Waals surface area contributed by atoms with Crippen molar-refractivity contribution in [1.82, 2.24) is 9.62 Å². The first-order chi connectivity index (χ1) is 10.0. The lowest BCUT2D eigenvalue weighted by Crippen LogP contribution is -2.40. The van der Waals surface area contributed by atoms with Gasteiger partial charge in [-0.3, -0.25) is 0 Å². The number of hydrogen-bond donors (Lipinski definition) is 1. The predicted molar refractivity (Wildman–Crippen MR) is 78.5 cm³/mol. The van der Waals surface area contributed by atoms with Crippen LogP contribution in [0.1, 0.15) is 18.4 Å². The minimum Gasteiger partial charge on any atom is -0.495 e. The van der Waals surface area contributed by atoms with Gasteiger partial charge < -0.3 is 10.1 Å². The number of rotatable bonds is 5. The van der Waals surface area contributed by atoms with Gasteiger partial charge in [-0.1, -0.05) is 0 Å². The summed E-state index contributed by atoms with van der Waals surface area (Å²) in [5.41, 5.74) is 0.374. The Labute approximate surface area is 125 Å². The van der Waals surface area contributed by atoms with Gasteiger partial charge in [0.15, 0.2) is 0 Å². The molecule has 7 heteroatoms. The number of sulfonamides is 1. The Kier molecular flexibility index (Phi) is 4.83. The third-order valence-corrected chi connectivity index (χ3v) is 5.63. The van der Waals surface area contributed by atoms with Gasteiger partial charge in [-0.2, -0.15) is 9.57 Å². The third kappa shape index (κ3) is 3.02. The van der Waals surface area contributed by atoms with Crippen molar-refractivity contribution in [2.75, 3.05) is 27.2 Å². The van der Waals surface area contributed by atoms with E-state index >= 15 is 0 Å². The van der Waals surface area contributed by atoms with Gasteiger partial charge in [-0.15, -0.1) is 0 Å². The smallest absolute Gasteiger partial charge is 0.247 e. The van der Waals surface area contributed by atoms with Crippen molar-refractivity contribution < 1.29 is 13.2 Å². The molecule has 0 spiro atoms. The summed E-state index contributed by atoms with van der Waals surface area (Å²) in [6.07, 6.45) is 1.70. The molecule has 0 amide bonds. The first-order valence-corrected chi connectivity index (χ1v) is 8.23. The quantitative estimate of drug-likeness (QED) is 0.875. The van der Waals surface area contributed by atoms with Crippen LogP contribution in [0, 0.1) is 11.3 Å². The summed E-state index contributed by atoms with van der Waals surface area (Å²) in [4.78, 5) is 0.118. The number of methoxy groups -OCH3 is 1. The largest absolute Gasteiger partial charge is 0.495 e. The first kappa shape index (κ1) is 15.8. The highest BCUT2D eigenvalue weighted by molar-refractivity contribution is 7.89. The molecule has 0 saturated carbocycles. The minimum atomic E-state index is -3.62. The van der Waals surface area contributed by atoms with E-state index in [1.54, 1.807) is 0 Å². The number of hydrogen-bond acceptors (Lipinski definition) is 5. The van der Waals surface area contributed by atoms with E-state index in [0.717, 1.165) is 12.8 Å². The fraction of sp³-hybridized carbons (Fsp3) is 0.500. The number of nitrogens with zero attached hydrogens (tertiary/aromatic N) is 2. The highest BCUT2D eigenvalue weighted by atomic mass is 32.2. The first-order valence-electron chi connectivity index (χ1n) is 6.79. The number of ether oxygens (including phenoxy) is 1. The van der Waals surface area contributed by atoms with Crippen LogP contribution in [0.25, 0.3) is 0 Å². The van der Waals surface area contributed by atoms with Crippen LogP contribution >= 0.6 is 0 Å². The summed E-state index contributed by atoms with van der Waals surface area (Å²) in [6.45, 7) is 1.13. The summed E-state index contributed by atoms with van der Waals surface area (Å²) in [7, 11) is -0.401. The lowest BCUT2D eigenvalue weighted by Gasteiger charge is -2.24. The molecule has 1 atom stereocenters. The minimum absolute atomic E-state index is 0.0413. The van der Waals surface area contributed by atoms with Crippen molar-refractivity contribution in [2.24, 2.45) is 0 Å². The molecular weight excluding hydrogens is 290 g/mol. The Morgan fingerprint density at radius 3 is 2.90 bits per heavy atom. The van der Waals surface area contributed by atoms with Crippen LogP contribution in [0.3, 0.4) is 0 Å². The predicted octanol–water partition coefficient (Wildman–Crippen LogP) is 0.939. The summed E-state index contributed by atoms with van der Waals surface area (Å²) >= 11 is 0. The van der Waals surface area contributed by atoms with Crippen molar-refractivity contribution in [3.8, 4) is 11.8 Å². The zero-order valence-corrected chi connectivity index (χ0v) is 13.0. The molecule has 0 radical (unpaired) electrons. The topological polar surface area (TPSA) is 82.4 Å². The van der Waals surface area contributed by atoms with Gasteiger partial charge >= 0.3 is 0 Å². The zero-order chi connectivity index (χ0) is 15.5. The molecule has 114 valence electrons. The van der Waals surface area contributed by atoms with Crippen LogP contribution in [-0.2, 0) is 10.0 Å². The lowest BCUT2D eigenvalue weighted by atomic mass is 10.2. The molecule has 1 aromatic rings.